The van der Waals surface area contributed by atoms with E-state index < -0.39 is 17.0 Å². The van der Waals surface area contributed by atoms with Gasteiger partial charge in [0.2, 0.25) is 0 Å². The number of hydrogen-bond acceptors (Lipinski definition) is 0. The van der Waals surface area contributed by atoms with Crippen LogP contribution in [0.4, 0.5) is 0 Å². The van der Waals surface area contributed by atoms with E-state index in [2.05, 4.69) is 90.9 Å². The Morgan fingerprint density at radius 2 is 1.55 bits per heavy atom. The molecule has 0 bridgehead atoms. The normalized spacial score (nSPS) is 14.7. The molecule has 0 N–H and O–H groups in total. The summed E-state index contributed by atoms with van der Waals surface area (Å²) in [4.78, 5) is 0. The van der Waals surface area contributed by atoms with Gasteiger partial charge in [0.05, 0.1) is 0 Å². The van der Waals surface area contributed by atoms with Crippen LogP contribution in [-0.4, -0.2) is 12.3 Å². The molecule has 1 aliphatic rings. The molecule has 0 radical (unpaired) electrons. The van der Waals surface area contributed by atoms with Crippen molar-refractivity contribution in [3.05, 3.63) is 59.2 Å². The molecule has 0 unspecified atom stereocenters. The molecule has 0 aromatic heterocycles. The van der Waals surface area contributed by atoms with E-state index in [0.717, 1.165) is 0 Å². The third kappa shape index (κ3) is 9.43. The van der Waals surface area contributed by atoms with E-state index in [1.165, 1.54) is 65.5 Å². The molecule has 0 aliphatic heterocycles. The molecular weight excluding hydrogens is 474 g/mol. The van der Waals surface area contributed by atoms with Crippen LogP contribution in [0.5, 0.6) is 0 Å². The first-order chi connectivity index (χ1) is 14.7. The Hall–Kier alpha value is 0.0343. The van der Waals surface area contributed by atoms with E-state index in [1.54, 1.807) is 5.30 Å². The van der Waals surface area contributed by atoms with Crippen molar-refractivity contribution in [2.45, 2.75) is 74.1 Å². The Morgan fingerprint density at radius 3 is 1.94 bits per heavy atom. The van der Waals surface area contributed by atoms with Crippen LogP contribution < -0.4 is 5.30 Å². The molecule has 0 amide bonds. The number of rotatable bonds is 7. The van der Waals surface area contributed by atoms with Crippen LogP contribution in [0, 0.1) is 11.5 Å². The first-order valence-electron chi connectivity index (χ1n) is 11.4. The van der Waals surface area contributed by atoms with Gasteiger partial charge < -0.3 is 0 Å². The number of hydrogen-bond donors (Lipinski definition) is 0. The van der Waals surface area contributed by atoms with E-state index in [9.17, 15) is 0 Å². The van der Waals surface area contributed by atoms with Crippen LogP contribution in [0.3, 0.4) is 0 Å². The van der Waals surface area contributed by atoms with Gasteiger partial charge in [0.15, 0.2) is 0 Å². The summed E-state index contributed by atoms with van der Waals surface area (Å²) in [5.41, 5.74) is 4.39. The van der Waals surface area contributed by atoms with Crippen LogP contribution in [0.1, 0.15) is 74.1 Å². The Kier molecular flexibility index (Phi) is 14.1. The van der Waals surface area contributed by atoms with E-state index >= 15 is 0 Å². The van der Waals surface area contributed by atoms with Gasteiger partial charge in [0.25, 0.3) is 0 Å². The monoisotopic (exact) mass is 512 g/mol. The first-order valence-corrected chi connectivity index (χ1v) is 17.4. The zero-order chi connectivity index (χ0) is 23.4. The summed E-state index contributed by atoms with van der Waals surface area (Å²) >= 11 is -0.556. The SMILES string of the molecule is CC1=[C-]C(C)(C)C(C)=C1C.CCCCP(CCCC)c1cc2ccccc2[cH-]1.[Cl][Ti][Cl]. The molecule has 0 atom stereocenters. The number of benzene rings is 1. The molecule has 0 spiro atoms. The van der Waals surface area contributed by atoms with Crippen LogP contribution >= 0.6 is 26.5 Å². The molecule has 0 heterocycles. The summed E-state index contributed by atoms with van der Waals surface area (Å²) in [7, 11) is 9.86. The predicted octanol–water partition coefficient (Wildman–Crippen LogP) is 9.75. The Bertz CT molecular complexity index is 807. The zero-order valence-electron chi connectivity index (χ0n) is 20.4. The summed E-state index contributed by atoms with van der Waals surface area (Å²) in [6.07, 6.45) is 11.7. The standard InChI is InChI=1S/C17H24P.C10H15.2ClH.Ti/c1-3-5-11-18(12-6-4-2)17-13-15-9-7-8-10-16(15)14-17;1-7-6-10(4,5)9(3)8(7)2;;;/h7-10,13-14H,3-6,11-12H2,1-2H3;1-5H3;2*1H;/q2*-1;;;+2/p-2. The number of unbranched alkanes of at least 4 members (excludes halogenated alkanes) is 2. The van der Waals surface area contributed by atoms with Crippen LogP contribution in [-0.2, 0) is 17.0 Å². The second-order valence-electron chi connectivity index (χ2n) is 8.73. The second-order valence-corrected chi connectivity index (χ2v) is 13.8. The van der Waals surface area contributed by atoms with Gasteiger partial charge in [-0.3, -0.25) is 6.08 Å². The molecule has 3 rings (SSSR count). The van der Waals surface area contributed by atoms with E-state index in [0.29, 0.717) is 0 Å². The van der Waals surface area contributed by atoms with Gasteiger partial charge >= 0.3 is 35.6 Å². The fourth-order valence-corrected chi connectivity index (χ4v) is 6.57. The Labute approximate surface area is 209 Å². The Balaban J connectivity index is 0.000000311. The third-order valence-electron chi connectivity index (χ3n) is 6.09. The van der Waals surface area contributed by atoms with E-state index in [-0.39, 0.29) is 13.3 Å². The van der Waals surface area contributed by atoms with Crippen LogP contribution in [0.15, 0.2) is 53.1 Å². The molecule has 2 aromatic rings. The van der Waals surface area contributed by atoms with Crippen molar-refractivity contribution in [3.8, 4) is 0 Å². The fraction of sp³-hybridized carbons (Fsp3) is 0.519. The molecule has 0 saturated heterocycles. The van der Waals surface area contributed by atoms with Gasteiger partial charge in [-0.2, -0.15) is 17.2 Å². The van der Waals surface area contributed by atoms with Crippen molar-refractivity contribution < 1.29 is 17.0 Å². The minimum atomic E-state index is -0.556. The maximum atomic E-state index is 4.89. The summed E-state index contributed by atoms with van der Waals surface area (Å²) in [6, 6.07) is 13.6. The van der Waals surface area contributed by atoms with Gasteiger partial charge in [0.1, 0.15) is 0 Å². The average molecular weight is 513 g/mol. The van der Waals surface area contributed by atoms with Crippen LogP contribution in [0.25, 0.3) is 10.8 Å². The molecule has 0 nitrogen and oxygen atoms in total. The third-order valence-corrected chi connectivity index (χ3v) is 8.79. The fourth-order valence-electron chi connectivity index (χ4n) is 3.79. The van der Waals surface area contributed by atoms with Gasteiger partial charge in [-0.15, -0.1) is 47.3 Å². The van der Waals surface area contributed by atoms with Crippen molar-refractivity contribution in [2.75, 3.05) is 12.3 Å². The molecule has 172 valence electrons. The molecule has 0 saturated carbocycles. The molecule has 4 heteroatoms. The van der Waals surface area contributed by atoms with Gasteiger partial charge in [-0.1, -0.05) is 73.8 Å². The zero-order valence-corrected chi connectivity index (χ0v) is 24.4. The van der Waals surface area contributed by atoms with Crippen LogP contribution in [0.2, 0.25) is 0 Å². The van der Waals surface area contributed by atoms with Crippen molar-refractivity contribution in [1.82, 2.24) is 0 Å². The molecule has 0 fully saturated rings. The van der Waals surface area contributed by atoms with Gasteiger partial charge in [0, 0.05) is 0 Å². The summed E-state index contributed by atoms with van der Waals surface area (Å²) in [5, 5.41) is 4.48. The number of fused-ring (bicyclic) bond motifs is 1. The summed E-state index contributed by atoms with van der Waals surface area (Å²) in [6.45, 7) is 15.5. The topological polar surface area (TPSA) is 0 Å². The summed E-state index contributed by atoms with van der Waals surface area (Å²) < 4.78 is 0. The maximum absolute atomic E-state index is 4.89. The van der Waals surface area contributed by atoms with Gasteiger partial charge in [-0.05, 0) is 25.2 Å². The number of halogens is 2. The summed E-state index contributed by atoms with van der Waals surface area (Å²) in [5.74, 6) is 0. The molecule has 2 aromatic carbocycles. The second kappa shape index (κ2) is 15.0. The quantitative estimate of drug-likeness (QED) is 0.196. The van der Waals surface area contributed by atoms with E-state index in [1.807, 2.05) is 0 Å². The molecule has 31 heavy (non-hydrogen) atoms. The minimum absolute atomic E-state index is 0.0856. The van der Waals surface area contributed by atoms with Crippen molar-refractivity contribution in [3.63, 3.8) is 0 Å². The van der Waals surface area contributed by atoms with Crippen molar-refractivity contribution >= 4 is 42.6 Å². The van der Waals surface area contributed by atoms with Crippen molar-refractivity contribution in [2.24, 2.45) is 5.41 Å². The Morgan fingerprint density at radius 1 is 1.00 bits per heavy atom. The predicted molar refractivity (Wildman–Crippen MR) is 142 cm³/mol. The number of allylic oxidation sites excluding steroid dienone is 4. The molecular formula is C27H39Cl2PTi-2. The van der Waals surface area contributed by atoms with Gasteiger partial charge in [-0.25, -0.2) is 5.57 Å². The van der Waals surface area contributed by atoms with Crippen molar-refractivity contribution in [1.29, 1.82) is 0 Å². The van der Waals surface area contributed by atoms with E-state index in [4.69, 9.17) is 18.6 Å². The molecule has 1 aliphatic carbocycles. The first kappa shape index (κ1) is 29.1. The average Bonchev–Trinajstić information content (AvgIpc) is 3.24.